The average Bonchev–Trinajstić information content (AvgIpc) is 2.25. The van der Waals surface area contributed by atoms with Crippen LogP contribution in [-0.4, -0.2) is 18.0 Å². The van der Waals surface area contributed by atoms with Gasteiger partial charge in [-0.2, -0.15) is 0 Å². The van der Waals surface area contributed by atoms with Gasteiger partial charge in [0.2, 0.25) is 0 Å². The normalized spacial score (nSPS) is 13.4. The number of likely N-dealkylation sites (N-methyl/N-ethyl adjacent to an activating group) is 1. The number of hydrogen-bond acceptors (Lipinski definition) is 3. The van der Waals surface area contributed by atoms with Crippen LogP contribution < -0.4 is 5.32 Å². The fourth-order valence-electron chi connectivity index (χ4n) is 1.94. The molecule has 1 aromatic rings. The van der Waals surface area contributed by atoms with Crippen molar-refractivity contribution in [2.45, 2.75) is 33.2 Å². The summed E-state index contributed by atoms with van der Waals surface area (Å²) in [4.78, 5) is 10.8. The van der Waals surface area contributed by atoms with Crippen molar-refractivity contribution in [2.75, 3.05) is 7.05 Å². The van der Waals surface area contributed by atoms with E-state index in [9.17, 15) is 10.1 Å². The molecule has 0 amide bonds. The average molecular weight is 362 g/mol. The zero-order chi connectivity index (χ0) is 13.9. The summed E-state index contributed by atoms with van der Waals surface area (Å²) >= 11 is 2.09. The Morgan fingerprint density at radius 2 is 2.06 bits per heavy atom. The number of rotatable bonds is 4. The van der Waals surface area contributed by atoms with Crippen LogP contribution >= 0.6 is 22.6 Å². The Morgan fingerprint density at radius 3 is 2.50 bits per heavy atom. The van der Waals surface area contributed by atoms with Gasteiger partial charge in [0, 0.05) is 21.2 Å². The second-order valence-electron chi connectivity index (χ2n) is 5.44. The van der Waals surface area contributed by atoms with Crippen molar-refractivity contribution < 1.29 is 4.92 Å². The van der Waals surface area contributed by atoms with Crippen LogP contribution in [0.2, 0.25) is 0 Å². The van der Waals surface area contributed by atoms with Crippen molar-refractivity contribution in [2.24, 2.45) is 5.41 Å². The number of nitrogens with one attached hydrogen (secondary N) is 1. The monoisotopic (exact) mass is 362 g/mol. The lowest BCUT2D eigenvalue weighted by atomic mass is 9.83. The third-order valence-electron chi connectivity index (χ3n) is 3.06. The van der Waals surface area contributed by atoms with Crippen LogP contribution in [0.5, 0.6) is 0 Å². The van der Waals surface area contributed by atoms with Crippen molar-refractivity contribution in [1.82, 2.24) is 5.32 Å². The molecule has 18 heavy (non-hydrogen) atoms. The summed E-state index contributed by atoms with van der Waals surface area (Å²) in [6, 6.07) is 5.61. The molecule has 0 aliphatic heterocycles. The van der Waals surface area contributed by atoms with Crippen LogP contribution in [0.3, 0.4) is 0 Å². The van der Waals surface area contributed by atoms with Crippen molar-refractivity contribution in [1.29, 1.82) is 0 Å². The van der Waals surface area contributed by atoms with Crippen molar-refractivity contribution >= 4 is 28.3 Å². The van der Waals surface area contributed by atoms with E-state index in [1.54, 1.807) is 6.07 Å². The summed E-state index contributed by atoms with van der Waals surface area (Å²) in [5.74, 6) is 0. The van der Waals surface area contributed by atoms with Crippen LogP contribution in [0.1, 0.15) is 26.3 Å². The van der Waals surface area contributed by atoms with E-state index in [-0.39, 0.29) is 22.1 Å². The third kappa shape index (κ3) is 3.91. The Hall–Kier alpha value is -0.690. The number of nitro benzene ring substituents is 1. The number of halogens is 1. The Morgan fingerprint density at radius 1 is 1.44 bits per heavy atom. The molecule has 1 aromatic carbocycles. The number of hydrogen-bond donors (Lipinski definition) is 1. The van der Waals surface area contributed by atoms with Gasteiger partial charge in [-0.15, -0.1) is 0 Å². The van der Waals surface area contributed by atoms with E-state index < -0.39 is 0 Å². The molecule has 0 bridgehead atoms. The van der Waals surface area contributed by atoms with Gasteiger partial charge in [0.25, 0.3) is 5.69 Å². The quantitative estimate of drug-likeness (QED) is 0.508. The molecule has 100 valence electrons. The van der Waals surface area contributed by atoms with Gasteiger partial charge < -0.3 is 5.32 Å². The zero-order valence-corrected chi connectivity index (χ0v) is 13.3. The SMILES string of the molecule is CNC(Cc1ccc(I)cc1[N+](=O)[O-])C(C)(C)C. The topological polar surface area (TPSA) is 55.2 Å². The maximum atomic E-state index is 11.1. The molecule has 0 aliphatic carbocycles. The molecule has 5 heteroatoms. The molecular formula is C13H19IN2O2. The van der Waals surface area contributed by atoms with E-state index in [4.69, 9.17) is 0 Å². The van der Waals surface area contributed by atoms with Gasteiger partial charge in [-0.05, 0) is 47.5 Å². The van der Waals surface area contributed by atoms with Crippen molar-refractivity contribution in [3.8, 4) is 0 Å². The Bertz CT molecular complexity index is 441. The summed E-state index contributed by atoms with van der Waals surface area (Å²) in [6.45, 7) is 6.39. The minimum Gasteiger partial charge on any atom is -0.316 e. The maximum Gasteiger partial charge on any atom is 0.273 e. The molecule has 0 radical (unpaired) electrons. The van der Waals surface area contributed by atoms with E-state index in [0.717, 1.165) is 9.13 Å². The summed E-state index contributed by atoms with van der Waals surface area (Å²) in [7, 11) is 1.90. The Balaban J connectivity index is 3.07. The number of nitro groups is 1. The molecule has 0 aliphatic rings. The lowest BCUT2D eigenvalue weighted by Crippen LogP contribution is -2.39. The van der Waals surface area contributed by atoms with E-state index >= 15 is 0 Å². The van der Waals surface area contributed by atoms with Gasteiger partial charge >= 0.3 is 0 Å². The predicted molar refractivity (Wildman–Crippen MR) is 81.8 cm³/mol. The molecule has 1 rings (SSSR count). The third-order valence-corrected chi connectivity index (χ3v) is 3.73. The van der Waals surface area contributed by atoms with Crippen LogP contribution in [0.4, 0.5) is 5.69 Å². The van der Waals surface area contributed by atoms with E-state index in [0.29, 0.717) is 6.42 Å². The molecule has 1 N–H and O–H groups in total. The maximum absolute atomic E-state index is 11.1. The molecule has 1 atom stereocenters. The summed E-state index contributed by atoms with van der Waals surface area (Å²) in [5, 5.41) is 14.3. The Labute approximate surface area is 121 Å². The molecule has 4 nitrogen and oxygen atoms in total. The van der Waals surface area contributed by atoms with Gasteiger partial charge in [-0.25, -0.2) is 0 Å². The summed E-state index contributed by atoms with van der Waals surface area (Å²) in [6.07, 6.45) is 0.660. The highest BCUT2D eigenvalue weighted by atomic mass is 127. The van der Waals surface area contributed by atoms with Crippen LogP contribution in [0.25, 0.3) is 0 Å². The molecule has 0 aromatic heterocycles. The van der Waals surface area contributed by atoms with Gasteiger partial charge in [0.05, 0.1) is 4.92 Å². The molecule has 1 unspecified atom stereocenters. The van der Waals surface area contributed by atoms with Crippen molar-refractivity contribution in [3.63, 3.8) is 0 Å². The van der Waals surface area contributed by atoms with E-state index in [1.165, 1.54) is 0 Å². The minimum absolute atomic E-state index is 0.0611. The van der Waals surface area contributed by atoms with Gasteiger partial charge in [-0.1, -0.05) is 26.8 Å². The van der Waals surface area contributed by atoms with Gasteiger partial charge in [0.15, 0.2) is 0 Å². The number of benzene rings is 1. The van der Waals surface area contributed by atoms with Crippen LogP contribution in [0.15, 0.2) is 18.2 Å². The van der Waals surface area contributed by atoms with Crippen LogP contribution in [0, 0.1) is 19.1 Å². The molecule has 0 fully saturated rings. The van der Waals surface area contributed by atoms with Gasteiger partial charge in [0.1, 0.15) is 0 Å². The predicted octanol–water partition coefficient (Wildman–Crippen LogP) is 3.38. The second kappa shape index (κ2) is 5.97. The minimum atomic E-state index is -0.299. The van der Waals surface area contributed by atoms with Crippen LogP contribution in [-0.2, 0) is 6.42 Å². The fraction of sp³-hybridized carbons (Fsp3) is 0.538. The molecule has 0 saturated carbocycles. The first kappa shape index (κ1) is 15.4. The first-order chi connectivity index (χ1) is 8.25. The van der Waals surface area contributed by atoms with E-state index in [2.05, 4.69) is 48.7 Å². The second-order valence-corrected chi connectivity index (χ2v) is 6.69. The standard InChI is InChI=1S/C13H19IN2O2/c1-13(2,3)12(15-4)7-9-5-6-10(14)8-11(9)16(17)18/h5-6,8,12,15H,7H2,1-4H3. The highest BCUT2D eigenvalue weighted by Crippen LogP contribution is 2.27. The molecule has 0 heterocycles. The zero-order valence-electron chi connectivity index (χ0n) is 11.2. The summed E-state index contributed by atoms with van der Waals surface area (Å²) in [5.41, 5.74) is 1.06. The lowest BCUT2D eigenvalue weighted by Gasteiger charge is -2.30. The highest BCUT2D eigenvalue weighted by Gasteiger charge is 2.26. The largest absolute Gasteiger partial charge is 0.316 e. The first-order valence-electron chi connectivity index (χ1n) is 5.85. The Kier molecular flexibility index (Phi) is 5.10. The van der Waals surface area contributed by atoms with E-state index in [1.807, 2.05) is 19.2 Å². The lowest BCUT2D eigenvalue weighted by molar-refractivity contribution is -0.385. The first-order valence-corrected chi connectivity index (χ1v) is 6.93. The molecule has 0 saturated heterocycles. The van der Waals surface area contributed by atoms with Crippen molar-refractivity contribution in [3.05, 3.63) is 37.4 Å². The smallest absolute Gasteiger partial charge is 0.273 e. The van der Waals surface area contributed by atoms with Gasteiger partial charge in [-0.3, -0.25) is 10.1 Å². The highest BCUT2D eigenvalue weighted by molar-refractivity contribution is 14.1. The molecule has 0 spiro atoms. The summed E-state index contributed by atoms with van der Waals surface area (Å²) < 4.78 is 0.889. The fourth-order valence-corrected chi connectivity index (χ4v) is 2.42. The number of nitrogens with zero attached hydrogens (tertiary/aromatic N) is 1. The molecular weight excluding hydrogens is 343 g/mol.